The van der Waals surface area contributed by atoms with E-state index in [1.807, 2.05) is 62.4 Å². The van der Waals surface area contributed by atoms with Crippen molar-refractivity contribution < 1.29 is 18.7 Å². The minimum atomic E-state index is -0.428. The second kappa shape index (κ2) is 8.65. The predicted molar refractivity (Wildman–Crippen MR) is 106 cm³/mol. The van der Waals surface area contributed by atoms with E-state index in [1.54, 1.807) is 6.92 Å². The van der Waals surface area contributed by atoms with Crippen molar-refractivity contribution in [3.63, 3.8) is 0 Å². The second-order valence-corrected chi connectivity index (χ2v) is 6.79. The van der Waals surface area contributed by atoms with Gasteiger partial charge in [0.25, 0.3) is 0 Å². The number of carbonyl (C=O) groups is 2. The highest BCUT2D eigenvalue weighted by Gasteiger charge is 2.15. The molecule has 0 unspecified atom stereocenters. The third-order valence-corrected chi connectivity index (χ3v) is 4.53. The van der Waals surface area contributed by atoms with Crippen molar-refractivity contribution >= 4 is 11.8 Å². The number of nitrogens with zero attached hydrogens (tertiary/aromatic N) is 1. The van der Waals surface area contributed by atoms with Gasteiger partial charge in [0.1, 0.15) is 18.1 Å². The molecular formula is C23H23NO4. The van der Waals surface area contributed by atoms with Crippen LogP contribution in [0.4, 0.5) is 0 Å². The predicted octanol–water partition coefficient (Wildman–Crippen LogP) is 4.97. The quantitative estimate of drug-likeness (QED) is 0.429. The van der Waals surface area contributed by atoms with Crippen LogP contribution in [0, 0.1) is 20.8 Å². The molecule has 5 nitrogen and oxygen atoms in total. The van der Waals surface area contributed by atoms with E-state index in [2.05, 4.69) is 4.98 Å². The largest absolute Gasteiger partial charge is 0.459 e. The summed E-state index contributed by atoms with van der Waals surface area (Å²) in [5.41, 5.74) is 4.03. The van der Waals surface area contributed by atoms with Gasteiger partial charge >= 0.3 is 5.97 Å². The molecule has 0 saturated carbocycles. The molecule has 0 fully saturated rings. The maximum atomic E-state index is 12.4. The van der Waals surface area contributed by atoms with E-state index in [9.17, 15) is 9.59 Å². The maximum Gasteiger partial charge on any atom is 0.306 e. The van der Waals surface area contributed by atoms with Crippen LogP contribution in [0.1, 0.15) is 45.8 Å². The van der Waals surface area contributed by atoms with Gasteiger partial charge in [0.15, 0.2) is 5.78 Å². The Morgan fingerprint density at radius 3 is 2.50 bits per heavy atom. The third-order valence-electron chi connectivity index (χ3n) is 4.53. The molecule has 3 aromatic rings. The van der Waals surface area contributed by atoms with Gasteiger partial charge in [-0.05, 0) is 44.5 Å². The summed E-state index contributed by atoms with van der Waals surface area (Å²) in [7, 11) is 0. The number of aromatic nitrogens is 1. The number of carbonyl (C=O) groups excluding carboxylic acids is 2. The highest BCUT2D eigenvalue weighted by atomic mass is 16.5. The van der Waals surface area contributed by atoms with Crippen LogP contribution in [0.15, 0.2) is 52.9 Å². The number of esters is 1. The average Bonchev–Trinajstić information content (AvgIpc) is 3.07. The summed E-state index contributed by atoms with van der Waals surface area (Å²) in [6.07, 6.45) is 0.158. The lowest BCUT2D eigenvalue weighted by molar-refractivity contribution is -0.145. The van der Waals surface area contributed by atoms with E-state index in [0.717, 1.165) is 16.7 Å². The topological polar surface area (TPSA) is 69.4 Å². The smallest absolute Gasteiger partial charge is 0.306 e. The van der Waals surface area contributed by atoms with E-state index in [-0.39, 0.29) is 25.2 Å². The second-order valence-electron chi connectivity index (χ2n) is 6.79. The summed E-state index contributed by atoms with van der Waals surface area (Å²) in [6, 6.07) is 15.3. The van der Waals surface area contributed by atoms with E-state index in [1.165, 1.54) is 0 Å². The molecule has 1 heterocycles. The molecule has 0 aliphatic rings. The van der Waals surface area contributed by atoms with Crippen molar-refractivity contribution in [3.05, 3.63) is 76.7 Å². The van der Waals surface area contributed by atoms with Gasteiger partial charge in [-0.2, -0.15) is 0 Å². The van der Waals surface area contributed by atoms with E-state index < -0.39 is 5.97 Å². The number of oxazole rings is 1. The molecule has 0 aliphatic heterocycles. The standard InChI is InChI=1S/C23H23NO4/c1-15-9-10-16(2)19(13-15)21(25)11-12-22(26)27-14-20-17(3)28-23(24-20)18-7-5-4-6-8-18/h4-10,13H,11-12,14H2,1-3H3. The van der Waals surface area contributed by atoms with Crippen molar-refractivity contribution in [2.75, 3.05) is 0 Å². The van der Waals surface area contributed by atoms with Gasteiger partial charge in [-0.15, -0.1) is 0 Å². The van der Waals surface area contributed by atoms with Crippen molar-refractivity contribution in [3.8, 4) is 11.5 Å². The molecule has 0 spiro atoms. The Morgan fingerprint density at radius 1 is 1.00 bits per heavy atom. The van der Waals surface area contributed by atoms with Crippen LogP contribution in [-0.4, -0.2) is 16.7 Å². The van der Waals surface area contributed by atoms with Crippen LogP contribution >= 0.6 is 0 Å². The molecular weight excluding hydrogens is 354 g/mol. The van der Waals surface area contributed by atoms with Crippen LogP contribution in [0.5, 0.6) is 0 Å². The van der Waals surface area contributed by atoms with Crippen molar-refractivity contribution in [2.45, 2.75) is 40.2 Å². The zero-order chi connectivity index (χ0) is 20.1. The first-order valence-corrected chi connectivity index (χ1v) is 9.22. The lowest BCUT2D eigenvalue weighted by atomic mass is 9.99. The van der Waals surface area contributed by atoms with Crippen LogP contribution < -0.4 is 0 Å². The van der Waals surface area contributed by atoms with E-state index in [4.69, 9.17) is 9.15 Å². The summed E-state index contributed by atoms with van der Waals surface area (Å²) in [5.74, 6) is 0.622. The fourth-order valence-corrected chi connectivity index (χ4v) is 2.87. The van der Waals surface area contributed by atoms with Crippen LogP contribution in [0.3, 0.4) is 0 Å². The summed E-state index contributed by atoms with van der Waals surface area (Å²) in [5, 5.41) is 0. The Kier molecular flexibility index (Phi) is 6.04. The maximum absolute atomic E-state index is 12.4. The number of ether oxygens (including phenoxy) is 1. The van der Waals surface area contributed by atoms with Crippen molar-refractivity contribution in [1.82, 2.24) is 4.98 Å². The Morgan fingerprint density at radius 2 is 1.75 bits per heavy atom. The molecule has 2 aromatic carbocycles. The Hall–Kier alpha value is -3.21. The van der Waals surface area contributed by atoms with Gasteiger partial charge < -0.3 is 9.15 Å². The summed E-state index contributed by atoms with van der Waals surface area (Å²) in [6.45, 7) is 5.64. The first kappa shape index (κ1) is 19.5. The Labute approximate surface area is 164 Å². The monoisotopic (exact) mass is 377 g/mol. The molecule has 1 aromatic heterocycles. The summed E-state index contributed by atoms with van der Waals surface area (Å²) >= 11 is 0. The SMILES string of the molecule is Cc1ccc(C)c(C(=O)CCC(=O)OCc2nc(-c3ccccc3)oc2C)c1. The molecule has 0 N–H and O–H groups in total. The molecule has 0 bridgehead atoms. The molecule has 28 heavy (non-hydrogen) atoms. The molecule has 0 atom stereocenters. The molecule has 0 radical (unpaired) electrons. The first-order chi connectivity index (χ1) is 13.4. The summed E-state index contributed by atoms with van der Waals surface area (Å²) < 4.78 is 10.9. The zero-order valence-corrected chi connectivity index (χ0v) is 16.3. The number of benzene rings is 2. The summed E-state index contributed by atoms with van der Waals surface area (Å²) in [4.78, 5) is 28.8. The van der Waals surface area contributed by atoms with Gasteiger partial charge in [0.2, 0.25) is 5.89 Å². The zero-order valence-electron chi connectivity index (χ0n) is 16.3. The van der Waals surface area contributed by atoms with Gasteiger partial charge in [-0.25, -0.2) is 4.98 Å². The van der Waals surface area contributed by atoms with Crippen LogP contribution in [0.25, 0.3) is 11.5 Å². The van der Waals surface area contributed by atoms with Crippen LogP contribution in [0.2, 0.25) is 0 Å². The van der Waals surface area contributed by atoms with Crippen molar-refractivity contribution in [2.24, 2.45) is 0 Å². The first-order valence-electron chi connectivity index (χ1n) is 9.22. The number of hydrogen-bond donors (Lipinski definition) is 0. The molecule has 5 heteroatoms. The molecule has 144 valence electrons. The lowest BCUT2D eigenvalue weighted by Crippen LogP contribution is -2.09. The third kappa shape index (κ3) is 4.74. The Balaban J connectivity index is 1.54. The Bertz CT molecular complexity index is 989. The number of rotatable bonds is 7. The van der Waals surface area contributed by atoms with E-state index in [0.29, 0.717) is 22.9 Å². The number of hydrogen-bond acceptors (Lipinski definition) is 5. The van der Waals surface area contributed by atoms with Crippen LogP contribution in [-0.2, 0) is 16.1 Å². The highest BCUT2D eigenvalue weighted by Crippen LogP contribution is 2.22. The molecule has 0 amide bonds. The van der Waals surface area contributed by atoms with Crippen molar-refractivity contribution in [1.29, 1.82) is 0 Å². The fraction of sp³-hybridized carbons (Fsp3) is 0.261. The highest BCUT2D eigenvalue weighted by molar-refractivity contribution is 5.98. The fourth-order valence-electron chi connectivity index (χ4n) is 2.87. The van der Waals surface area contributed by atoms with Gasteiger partial charge in [0.05, 0.1) is 6.42 Å². The lowest BCUT2D eigenvalue weighted by Gasteiger charge is -2.06. The van der Waals surface area contributed by atoms with Gasteiger partial charge in [-0.1, -0.05) is 35.9 Å². The molecule has 0 aliphatic carbocycles. The average molecular weight is 377 g/mol. The minimum absolute atomic E-state index is 0.0265. The number of ketones is 1. The van der Waals surface area contributed by atoms with Gasteiger partial charge in [0, 0.05) is 17.5 Å². The normalized spacial score (nSPS) is 10.7. The number of Topliss-reactive ketones (excluding diaryl/α,β-unsaturated/α-hetero) is 1. The molecule has 0 saturated heterocycles. The number of aryl methyl sites for hydroxylation is 3. The van der Waals surface area contributed by atoms with E-state index >= 15 is 0 Å². The van der Waals surface area contributed by atoms with Gasteiger partial charge in [-0.3, -0.25) is 9.59 Å². The molecule has 3 rings (SSSR count). The minimum Gasteiger partial charge on any atom is -0.459 e.